The van der Waals surface area contributed by atoms with Crippen molar-refractivity contribution in [3.63, 3.8) is 0 Å². The van der Waals surface area contributed by atoms with Crippen LogP contribution in [0, 0.1) is 0 Å². The van der Waals surface area contributed by atoms with Gasteiger partial charge in [-0.1, -0.05) is 24.7 Å². The second-order valence-corrected chi connectivity index (χ2v) is 6.29. The molecule has 2 heterocycles. The molecular weight excluding hydrogens is 256 g/mol. The number of hydrogen-bond donors (Lipinski definition) is 1. The fourth-order valence-electron chi connectivity index (χ4n) is 1.86. The van der Waals surface area contributed by atoms with E-state index < -0.39 is 0 Å². The Balaban J connectivity index is 1.95. The van der Waals surface area contributed by atoms with Crippen molar-refractivity contribution in [2.45, 2.75) is 31.6 Å². The topological polar surface area (TPSA) is 72.1 Å². The first kappa shape index (κ1) is 12.6. The predicted molar refractivity (Wildman–Crippen MR) is 70.9 cm³/mol. The van der Waals surface area contributed by atoms with Crippen LogP contribution in [0.2, 0.25) is 0 Å². The quantitative estimate of drug-likeness (QED) is 0.896. The molecule has 2 N–H and O–H groups in total. The second-order valence-electron chi connectivity index (χ2n) is 3.91. The van der Waals surface area contributed by atoms with Crippen LogP contribution in [0.1, 0.15) is 24.8 Å². The molecule has 94 valence electrons. The van der Waals surface area contributed by atoms with Gasteiger partial charge in [0.1, 0.15) is 5.01 Å². The molecule has 5 nitrogen and oxygen atoms in total. The van der Waals surface area contributed by atoms with Gasteiger partial charge in [-0.3, -0.25) is 4.79 Å². The molecule has 17 heavy (non-hydrogen) atoms. The molecule has 1 aromatic rings. The van der Waals surface area contributed by atoms with Crippen molar-refractivity contribution >= 4 is 34.1 Å². The number of amides is 1. The van der Waals surface area contributed by atoms with Crippen LogP contribution in [0.4, 0.5) is 5.13 Å². The van der Waals surface area contributed by atoms with Crippen LogP contribution in [0.15, 0.2) is 0 Å². The van der Waals surface area contributed by atoms with E-state index in [-0.39, 0.29) is 5.91 Å². The number of nitrogen functional groups attached to an aromatic ring is 1. The second kappa shape index (κ2) is 5.68. The normalized spacial score (nSPS) is 19.8. The highest BCUT2D eigenvalue weighted by Crippen LogP contribution is 2.28. The molecule has 1 fully saturated rings. The van der Waals surface area contributed by atoms with E-state index in [1.807, 2.05) is 16.7 Å². The standard InChI is InChI=1S/C10H16N4OS2/c1-2-3-9-14(4-5-16-9)8(15)6-7-12-13-10(11)17-7/h9H,2-6H2,1H3,(H2,11,13). The summed E-state index contributed by atoms with van der Waals surface area (Å²) in [5.41, 5.74) is 5.50. The highest BCUT2D eigenvalue weighted by molar-refractivity contribution is 8.00. The average Bonchev–Trinajstić information content (AvgIpc) is 2.88. The summed E-state index contributed by atoms with van der Waals surface area (Å²) < 4.78 is 0. The minimum atomic E-state index is 0.143. The van der Waals surface area contributed by atoms with Gasteiger partial charge in [0.25, 0.3) is 0 Å². The van der Waals surface area contributed by atoms with Gasteiger partial charge in [0.05, 0.1) is 11.8 Å². The third-order valence-electron chi connectivity index (χ3n) is 2.63. The molecule has 0 spiro atoms. The molecular formula is C10H16N4OS2. The molecule has 1 amide bonds. The first-order valence-corrected chi connectivity index (χ1v) is 7.56. The summed E-state index contributed by atoms with van der Waals surface area (Å²) in [6.45, 7) is 3.00. The number of anilines is 1. The Hall–Kier alpha value is -0.820. The van der Waals surface area contributed by atoms with Gasteiger partial charge in [0.15, 0.2) is 0 Å². The van der Waals surface area contributed by atoms with Gasteiger partial charge in [-0.15, -0.1) is 22.0 Å². The van der Waals surface area contributed by atoms with Crippen LogP contribution < -0.4 is 5.73 Å². The van der Waals surface area contributed by atoms with E-state index in [0.29, 0.717) is 21.9 Å². The maximum Gasteiger partial charge on any atom is 0.230 e. The summed E-state index contributed by atoms with van der Waals surface area (Å²) in [6, 6.07) is 0. The molecule has 7 heteroatoms. The van der Waals surface area contributed by atoms with Gasteiger partial charge in [0.2, 0.25) is 11.0 Å². The lowest BCUT2D eigenvalue weighted by Crippen LogP contribution is -2.35. The molecule has 0 aliphatic carbocycles. The van der Waals surface area contributed by atoms with E-state index >= 15 is 0 Å². The molecule has 0 saturated carbocycles. The highest BCUT2D eigenvalue weighted by atomic mass is 32.2. The summed E-state index contributed by atoms with van der Waals surface area (Å²) in [7, 11) is 0. The summed E-state index contributed by atoms with van der Waals surface area (Å²) in [5.74, 6) is 1.18. The molecule has 0 aromatic carbocycles. The van der Waals surface area contributed by atoms with Gasteiger partial charge in [-0.2, -0.15) is 0 Å². The smallest absolute Gasteiger partial charge is 0.230 e. The van der Waals surface area contributed by atoms with E-state index in [2.05, 4.69) is 17.1 Å². The fraction of sp³-hybridized carbons (Fsp3) is 0.700. The summed E-state index contributed by atoms with van der Waals surface area (Å²) in [4.78, 5) is 14.1. The lowest BCUT2D eigenvalue weighted by atomic mass is 10.3. The molecule has 1 aliphatic rings. The van der Waals surface area contributed by atoms with Crippen molar-refractivity contribution in [3.8, 4) is 0 Å². The van der Waals surface area contributed by atoms with Gasteiger partial charge in [0, 0.05) is 12.3 Å². The Bertz CT molecular complexity index is 395. The van der Waals surface area contributed by atoms with Crippen LogP contribution in [-0.2, 0) is 11.2 Å². The van der Waals surface area contributed by atoms with Crippen LogP contribution in [0.5, 0.6) is 0 Å². The number of carbonyl (C=O) groups is 1. The van der Waals surface area contributed by atoms with Gasteiger partial charge in [-0.05, 0) is 6.42 Å². The number of nitrogens with zero attached hydrogens (tertiary/aromatic N) is 3. The Morgan fingerprint density at radius 1 is 1.59 bits per heavy atom. The minimum absolute atomic E-state index is 0.143. The SMILES string of the molecule is CCCC1SCCN1C(=O)Cc1nnc(N)s1. The zero-order valence-electron chi connectivity index (χ0n) is 9.76. The van der Waals surface area contributed by atoms with E-state index in [4.69, 9.17) is 5.73 Å². The van der Waals surface area contributed by atoms with Crippen LogP contribution in [-0.4, -0.2) is 38.7 Å². The van der Waals surface area contributed by atoms with Crippen molar-refractivity contribution in [2.24, 2.45) is 0 Å². The molecule has 1 saturated heterocycles. The van der Waals surface area contributed by atoms with Crippen LogP contribution in [0.25, 0.3) is 0 Å². The monoisotopic (exact) mass is 272 g/mol. The van der Waals surface area contributed by atoms with Crippen molar-refractivity contribution in [3.05, 3.63) is 5.01 Å². The Morgan fingerprint density at radius 2 is 2.41 bits per heavy atom. The first-order chi connectivity index (χ1) is 8.20. The minimum Gasteiger partial charge on any atom is -0.374 e. The van der Waals surface area contributed by atoms with Crippen LogP contribution >= 0.6 is 23.1 Å². The summed E-state index contributed by atoms with van der Waals surface area (Å²) >= 11 is 3.16. The third-order valence-corrected chi connectivity index (χ3v) is 4.68. The van der Waals surface area contributed by atoms with Crippen molar-refractivity contribution in [1.29, 1.82) is 0 Å². The molecule has 1 unspecified atom stereocenters. The van der Waals surface area contributed by atoms with Crippen molar-refractivity contribution in [2.75, 3.05) is 18.0 Å². The molecule has 0 bridgehead atoms. The summed E-state index contributed by atoms with van der Waals surface area (Å²) in [6.07, 6.45) is 2.50. The zero-order chi connectivity index (χ0) is 12.3. The number of thioether (sulfide) groups is 1. The maximum absolute atomic E-state index is 12.1. The van der Waals surface area contributed by atoms with Gasteiger partial charge < -0.3 is 10.6 Å². The third kappa shape index (κ3) is 3.10. The zero-order valence-corrected chi connectivity index (χ0v) is 11.4. The average molecular weight is 272 g/mol. The Labute approximate surface area is 109 Å². The number of hydrogen-bond acceptors (Lipinski definition) is 6. The van der Waals surface area contributed by atoms with Crippen molar-refractivity contribution in [1.82, 2.24) is 15.1 Å². The molecule has 1 aromatic heterocycles. The Kier molecular flexibility index (Phi) is 4.22. The number of rotatable bonds is 4. The Morgan fingerprint density at radius 3 is 3.06 bits per heavy atom. The molecule has 0 radical (unpaired) electrons. The largest absolute Gasteiger partial charge is 0.374 e. The number of nitrogens with two attached hydrogens (primary N) is 1. The number of aromatic nitrogens is 2. The lowest BCUT2D eigenvalue weighted by molar-refractivity contribution is -0.130. The summed E-state index contributed by atoms with van der Waals surface area (Å²) in [5, 5.41) is 9.09. The fourth-order valence-corrected chi connectivity index (χ4v) is 3.84. The van der Waals surface area contributed by atoms with E-state index in [0.717, 1.165) is 25.1 Å². The first-order valence-electron chi connectivity index (χ1n) is 5.69. The van der Waals surface area contributed by atoms with Gasteiger partial charge >= 0.3 is 0 Å². The van der Waals surface area contributed by atoms with Gasteiger partial charge in [-0.25, -0.2) is 0 Å². The predicted octanol–water partition coefficient (Wildman–Crippen LogP) is 1.36. The molecule has 1 atom stereocenters. The molecule has 1 aliphatic heterocycles. The van der Waals surface area contributed by atoms with E-state index in [1.165, 1.54) is 11.3 Å². The highest BCUT2D eigenvalue weighted by Gasteiger charge is 2.28. The molecule has 2 rings (SSSR count). The van der Waals surface area contributed by atoms with E-state index in [1.54, 1.807) is 0 Å². The van der Waals surface area contributed by atoms with Crippen LogP contribution in [0.3, 0.4) is 0 Å². The van der Waals surface area contributed by atoms with Crippen molar-refractivity contribution < 1.29 is 4.79 Å². The maximum atomic E-state index is 12.1. The number of carbonyl (C=O) groups excluding carboxylic acids is 1. The lowest BCUT2D eigenvalue weighted by Gasteiger charge is -2.22. The van der Waals surface area contributed by atoms with E-state index in [9.17, 15) is 4.79 Å².